The molecule has 0 bridgehead atoms. The van der Waals surface area contributed by atoms with Crippen molar-refractivity contribution >= 4 is 5.71 Å². The van der Waals surface area contributed by atoms with Gasteiger partial charge in [0.25, 0.3) is 0 Å². The van der Waals surface area contributed by atoms with Gasteiger partial charge in [0, 0.05) is 17.5 Å². The minimum Gasteiger partial charge on any atom is -0.313 e. The first-order valence-corrected chi connectivity index (χ1v) is 8.80. The van der Waals surface area contributed by atoms with Gasteiger partial charge in [0.2, 0.25) is 0 Å². The fraction of sp³-hybridized carbons (Fsp3) is 0.600. The molecule has 1 aliphatic rings. The number of halogens is 1. The van der Waals surface area contributed by atoms with Crippen LogP contribution in [-0.4, -0.2) is 27.1 Å². The summed E-state index contributed by atoms with van der Waals surface area (Å²) in [5.74, 6) is 0.0442. The van der Waals surface area contributed by atoms with Crippen LogP contribution in [0.4, 0.5) is 4.39 Å². The lowest BCUT2D eigenvalue weighted by atomic mass is 9.85. The maximum Gasteiger partial charge on any atom is 0.126 e. The van der Waals surface area contributed by atoms with E-state index in [4.69, 9.17) is 6.57 Å². The summed E-state index contributed by atoms with van der Waals surface area (Å²) in [5, 5.41) is 16.0. The highest BCUT2D eigenvalue weighted by atomic mass is 19.1. The molecular formula is C20H28FN3O. The molecule has 1 aliphatic heterocycles. The molecule has 136 valence electrons. The summed E-state index contributed by atoms with van der Waals surface area (Å²) in [6.07, 6.45) is 3.63. The highest BCUT2D eigenvalue weighted by Crippen LogP contribution is 2.39. The Bertz CT molecular complexity index is 676. The van der Waals surface area contributed by atoms with Crippen LogP contribution in [0.15, 0.2) is 29.4 Å². The minimum absolute atomic E-state index is 0.260. The molecule has 1 unspecified atom stereocenters. The van der Waals surface area contributed by atoms with Crippen molar-refractivity contribution in [3.05, 3.63) is 47.2 Å². The van der Waals surface area contributed by atoms with Crippen molar-refractivity contribution in [3.63, 3.8) is 0 Å². The predicted octanol–water partition coefficient (Wildman–Crippen LogP) is 5.08. The second kappa shape index (κ2) is 7.63. The summed E-state index contributed by atoms with van der Waals surface area (Å²) in [4.78, 5) is 3.19. The zero-order valence-corrected chi connectivity index (χ0v) is 15.6. The highest BCUT2D eigenvalue weighted by Gasteiger charge is 2.42. The van der Waals surface area contributed by atoms with Gasteiger partial charge in [0.05, 0.1) is 5.10 Å². The Balaban J connectivity index is 2.16. The van der Waals surface area contributed by atoms with E-state index in [2.05, 4.69) is 10.1 Å². The highest BCUT2D eigenvalue weighted by molar-refractivity contribution is 5.87. The largest absolute Gasteiger partial charge is 0.313 e. The molecule has 0 spiro atoms. The Kier molecular flexibility index (Phi) is 5.97. The molecule has 5 heteroatoms. The zero-order valence-electron chi connectivity index (χ0n) is 15.6. The van der Waals surface area contributed by atoms with Crippen molar-refractivity contribution in [3.8, 4) is 0 Å². The lowest BCUT2D eigenvalue weighted by Gasteiger charge is -2.42. The number of hydrogen-bond acceptors (Lipinski definition) is 3. The van der Waals surface area contributed by atoms with Crippen molar-refractivity contribution in [2.45, 2.75) is 70.9 Å². The maximum absolute atomic E-state index is 13.9. The standard InChI is InChI=1S/C20H28FN3O/c1-19(2)11-10-15(14-20(3,4)24(19)25)12-17(23-22-5)13-16-8-6-7-9-18(16)21/h6-9,15,25H,10-14H2,1-4H3/b23-17-. The predicted molar refractivity (Wildman–Crippen MR) is 97.9 cm³/mol. The quantitative estimate of drug-likeness (QED) is 0.469. The molecule has 1 aromatic rings. The van der Waals surface area contributed by atoms with Gasteiger partial charge >= 0.3 is 0 Å². The number of nitrogens with zero attached hydrogens (tertiary/aromatic N) is 3. The van der Waals surface area contributed by atoms with Gasteiger partial charge in [-0.2, -0.15) is 11.6 Å². The Hall–Kier alpha value is -1.77. The van der Waals surface area contributed by atoms with Crippen LogP contribution in [0.25, 0.3) is 4.95 Å². The molecule has 25 heavy (non-hydrogen) atoms. The molecule has 0 aromatic heterocycles. The van der Waals surface area contributed by atoms with Gasteiger partial charge in [-0.1, -0.05) is 18.2 Å². The summed E-state index contributed by atoms with van der Waals surface area (Å²) < 4.78 is 13.9. The van der Waals surface area contributed by atoms with E-state index in [1.165, 1.54) is 11.1 Å². The third-order valence-corrected chi connectivity index (χ3v) is 5.17. The van der Waals surface area contributed by atoms with Gasteiger partial charge in [-0.15, -0.1) is 4.95 Å². The molecule has 4 nitrogen and oxygen atoms in total. The molecule has 0 radical (unpaired) electrons. The molecule has 1 fully saturated rings. The molecule has 0 amide bonds. The summed E-state index contributed by atoms with van der Waals surface area (Å²) >= 11 is 0. The topological polar surface area (TPSA) is 40.2 Å². The lowest BCUT2D eigenvalue weighted by Crippen LogP contribution is -2.52. The van der Waals surface area contributed by atoms with E-state index < -0.39 is 0 Å². The Morgan fingerprint density at radius 2 is 2.00 bits per heavy atom. The third-order valence-electron chi connectivity index (χ3n) is 5.17. The molecule has 0 aliphatic carbocycles. The maximum atomic E-state index is 13.9. The van der Waals surface area contributed by atoms with Crippen LogP contribution in [-0.2, 0) is 6.42 Å². The molecule has 0 saturated carbocycles. The summed E-state index contributed by atoms with van der Waals surface area (Å²) in [5.41, 5.74) is 0.638. The van der Waals surface area contributed by atoms with Gasteiger partial charge < -0.3 is 5.21 Å². The number of benzene rings is 1. The van der Waals surface area contributed by atoms with Crippen molar-refractivity contribution in [1.29, 1.82) is 0 Å². The van der Waals surface area contributed by atoms with Gasteiger partial charge in [0.15, 0.2) is 0 Å². The summed E-state index contributed by atoms with van der Waals surface area (Å²) in [6.45, 7) is 15.2. The van der Waals surface area contributed by atoms with Gasteiger partial charge in [-0.3, -0.25) is 0 Å². The van der Waals surface area contributed by atoms with Crippen LogP contribution < -0.4 is 0 Å². The van der Waals surface area contributed by atoms with Gasteiger partial charge in [-0.25, -0.2) is 4.39 Å². The second-order valence-electron chi connectivity index (χ2n) is 8.28. The Morgan fingerprint density at radius 3 is 2.64 bits per heavy atom. The van der Waals surface area contributed by atoms with Crippen LogP contribution in [0.2, 0.25) is 0 Å². The van der Waals surface area contributed by atoms with E-state index in [1.54, 1.807) is 18.2 Å². The second-order valence-corrected chi connectivity index (χ2v) is 8.28. The first-order chi connectivity index (χ1) is 11.7. The van der Waals surface area contributed by atoms with E-state index in [0.29, 0.717) is 30.0 Å². The van der Waals surface area contributed by atoms with Crippen molar-refractivity contribution in [2.24, 2.45) is 11.0 Å². The fourth-order valence-electron chi connectivity index (χ4n) is 3.97. The number of hydroxylamine groups is 2. The molecule has 2 rings (SSSR count). The SMILES string of the molecule is [C-]#[N+]/N=C(\Cc1ccccc1F)CC1CCC(C)(C)N(O)C(C)(C)C1. The Morgan fingerprint density at radius 1 is 1.32 bits per heavy atom. The average Bonchev–Trinajstić information content (AvgIpc) is 2.60. The van der Waals surface area contributed by atoms with Crippen molar-refractivity contribution < 1.29 is 9.60 Å². The molecule has 1 N–H and O–H groups in total. The van der Waals surface area contributed by atoms with Gasteiger partial charge in [0.1, 0.15) is 11.5 Å². The van der Waals surface area contributed by atoms with E-state index in [9.17, 15) is 9.60 Å². The molecule has 1 aromatic carbocycles. The van der Waals surface area contributed by atoms with Crippen LogP contribution in [0.3, 0.4) is 0 Å². The van der Waals surface area contributed by atoms with Crippen LogP contribution in [0.5, 0.6) is 0 Å². The number of hydrogen-bond donors (Lipinski definition) is 1. The first-order valence-electron chi connectivity index (χ1n) is 8.80. The van der Waals surface area contributed by atoms with E-state index in [0.717, 1.165) is 19.3 Å². The fourth-order valence-corrected chi connectivity index (χ4v) is 3.97. The van der Waals surface area contributed by atoms with Crippen LogP contribution >= 0.6 is 0 Å². The van der Waals surface area contributed by atoms with Crippen LogP contribution in [0, 0.1) is 18.3 Å². The molecular weight excluding hydrogens is 317 g/mol. The first kappa shape index (κ1) is 19.6. The molecule has 1 heterocycles. The normalized spacial score (nSPS) is 23.7. The molecule has 1 atom stereocenters. The Labute approximate surface area is 150 Å². The van der Waals surface area contributed by atoms with E-state index >= 15 is 0 Å². The minimum atomic E-state index is -0.355. The van der Waals surface area contributed by atoms with Crippen molar-refractivity contribution in [2.75, 3.05) is 0 Å². The van der Waals surface area contributed by atoms with E-state index in [-0.39, 0.29) is 16.9 Å². The summed E-state index contributed by atoms with van der Waals surface area (Å²) in [6, 6.07) is 6.64. The average molecular weight is 345 g/mol. The third kappa shape index (κ3) is 4.87. The molecule has 1 saturated heterocycles. The van der Waals surface area contributed by atoms with Crippen molar-refractivity contribution in [1.82, 2.24) is 5.06 Å². The van der Waals surface area contributed by atoms with E-state index in [1.807, 2.05) is 27.7 Å². The lowest BCUT2D eigenvalue weighted by molar-refractivity contribution is -0.221. The number of rotatable bonds is 4. The monoisotopic (exact) mass is 345 g/mol. The smallest absolute Gasteiger partial charge is 0.126 e. The van der Waals surface area contributed by atoms with Crippen LogP contribution in [0.1, 0.15) is 58.9 Å². The summed E-state index contributed by atoms with van der Waals surface area (Å²) in [7, 11) is 0. The van der Waals surface area contributed by atoms with Gasteiger partial charge in [-0.05, 0) is 70.9 Å². The zero-order chi connectivity index (χ0) is 18.7.